The molecule has 0 fully saturated rings. The SMILES string of the molecule is CCC(C)(CC)C(=O)/C=C(\O)C(C)(CC)CC.Cc1oc2ccc3oc4ncnc(-c5[c-]c6ccccc6c(C(C)(C)C)c5)c4c3c2c1CC(C)C.[Ir]. The van der Waals surface area contributed by atoms with Gasteiger partial charge in [0.15, 0.2) is 5.78 Å². The van der Waals surface area contributed by atoms with Gasteiger partial charge in [-0.1, -0.05) is 105 Å². The minimum Gasteiger partial charge on any atom is -0.512 e. The number of ketones is 1. The molecule has 0 aliphatic heterocycles. The fourth-order valence-corrected chi connectivity index (χ4v) is 6.98. The number of aliphatic hydroxyl groups is 1. The number of carbonyl (C=O) groups excluding carboxylic acids is 1. The van der Waals surface area contributed by atoms with Crippen molar-refractivity contribution in [3.63, 3.8) is 0 Å². The van der Waals surface area contributed by atoms with Crippen molar-refractivity contribution in [2.45, 2.75) is 121 Å². The van der Waals surface area contributed by atoms with E-state index in [-0.39, 0.29) is 47.9 Å². The summed E-state index contributed by atoms with van der Waals surface area (Å²) < 4.78 is 12.5. The molecule has 3 aromatic heterocycles. The Morgan fingerprint density at radius 1 is 0.849 bits per heavy atom. The summed E-state index contributed by atoms with van der Waals surface area (Å²) in [5.41, 5.74) is 5.92. The van der Waals surface area contributed by atoms with Crippen molar-refractivity contribution >= 4 is 49.6 Å². The Morgan fingerprint density at radius 3 is 2.04 bits per heavy atom. The Kier molecular flexibility index (Phi) is 12.9. The van der Waals surface area contributed by atoms with E-state index >= 15 is 0 Å². The van der Waals surface area contributed by atoms with Gasteiger partial charge in [-0.25, -0.2) is 4.98 Å². The Balaban J connectivity index is 0.000000299. The van der Waals surface area contributed by atoms with Gasteiger partial charge in [-0.05, 0) is 62.5 Å². The summed E-state index contributed by atoms with van der Waals surface area (Å²) >= 11 is 0. The second kappa shape index (κ2) is 16.3. The monoisotopic (exact) mass is 894 g/mol. The number of aromatic nitrogens is 2. The van der Waals surface area contributed by atoms with Crippen LogP contribution < -0.4 is 0 Å². The maximum Gasteiger partial charge on any atom is 0.223 e. The van der Waals surface area contributed by atoms with Crippen molar-refractivity contribution in [2.75, 3.05) is 0 Å². The molecule has 53 heavy (non-hydrogen) atoms. The van der Waals surface area contributed by atoms with Crippen LogP contribution in [0.3, 0.4) is 0 Å². The number of aliphatic hydroxyl groups excluding tert-OH is 1. The van der Waals surface area contributed by atoms with Crippen LogP contribution in [0.4, 0.5) is 0 Å². The van der Waals surface area contributed by atoms with Crippen molar-refractivity contribution < 1.29 is 38.8 Å². The summed E-state index contributed by atoms with van der Waals surface area (Å²) in [7, 11) is 0. The molecule has 1 radical (unpaired) electrons. The van der Waals surface area contributed by atoms with Crippen LogP contribution in [0, 0.1) is 29.7 Å². The van der Waals surface area contributed by atoms with Crippen molar-refractivity contribution in [3.8, 4) is 11.3 Å². The number of fused-ring (bicyclic) bond motifs is 6. The van der Waals surface area contributed by atoms with E-state index in [1.54, 1.807) is 6.33 Å². The summed E-state index contributed by atoms with van der Waals surface area (Å²) in [5, 5.41) is 15.5. The fourth-order valence-electron chi connectivity index (χ4n) is 6.98. The van der Waals surface area contributed by atoms with Crippen molar-refractivity contribution in [1.82, 2.24) is 9.97 Å². The molecule has 3 aromatic carbocycles. The standard InChI is InChI=1S/C31H29N2O2.C15H28O2.Ir/c1-17(2)13-22-18(3)34-24-11-12-25-27(26(22)24)28-29(32-16-33-30(28)35-25)20-14-19-9-7-8-10-21(19)23(15-20)31(4,5)6;1-7-14(5,8-2)12(16)11-13(17)15(6,9-3)10-4;/h7-12,15-17H,13H2,1-6H3;11,16H,7-10H2,1-6H3;/q-1;;/b;12-11-;. The molecule has 0 spiro atoms. The number of furan rings is 2. The molecule has 3 heterocycles. The van der Waals surface area contributed by atoms with Gasteiger partial charge in [0.05, 0.1) is 0 Å². The molecular weight excluding hydrogens is 837 g/mol. The predicted octanol–water partition coefficient (Wildman–Crippen LogP) is 13.2. The third-order valence-corrected chi connectivity index (χ3v) is 11.4. The van der Waals surface area contributed by atoms with E-state index in [1.165, 1.54) is 22.6 Å². The zero-order valence-corrected chi connectivity index (χ0v) is 36.1. The fraction of sp³-hybridized carbons (Fsp3) is 0.457. The van der Waals surface area contributed by atoms with E-state index < -0.39 is 0 Å². The number of rotatable bonds is 10. The van der Waals surface area contributed by atoms with E-state index in [9.17, 15) is 9.90 Å². The van der Waals surface area contributed by atoms with Crippen molar-refractivity contribution in [3.05, 3.63) is 83.6 Å². The quantitative estimate of drug-likeness (QED) is 0.0837. The Hall–Kier alpha value is -3.80. The molecule has 0 bridgehead atoms. The third-order valence-electron chi connectivity index (χ3n) is 11.4. The Bertz CT molecular complexity index is 2260. The number of aryl methyl sites for hydroxylation is 1. The molecule has 0 atom stereocenters. The van der Waals surface area contributed by atoms with E-state index in [1.807, 2.05) is 53.7 Å². The topological polar surface area (TPSA) is 89.4 Å². The minimum absolute atomic E-state index is 0. The van der Waals surface area contributed by atoms with Gasteiger partial charge < -0.3 is 13.9 Å². The van der Waals surface area contributed by atoms with Gasteiger partial charge >= 0.3 is 0 Å². The summed E-state index contributed by atoms with van der Waals surface area (Å²) in [4.78, 5) is 21.5. The number of allylic oxidation sites excluding steroid dienone is 2. The van der Waals surface area contributed by atoms with E-state index in [4.69, 9.17) is 13.8 Å². The Morgan fingerprint density at radius 2 is 1.45 bits per heavy atom. The van der Waals surface area contributed by atoms with Crippen LogP contribution in [0.5, 0.6) is 0 Å². The maximum absolute atomic E-state index is 12.2. The number of benzene rings is 3. The van der Waals surface area contributed by atoms with Gasteiger partial charge in [0, 0.05) is 64.4 Å². The number of nitrogens with zero attached hydrogens (tertiary/aromatic N) is 2. The molecule has 0 unspecified atom stereocenters. The van der Waals surface area contributed by atoms with Crippen LogP contribution in [0.15, 0.2) is 69.5 Å². The second-order valence-corrected chi connectivity index (χ2v) is 16.4. The molecule has 6 rings (SSSR count). The predicted molar refractivity (Wildman–Crippen MR) is 216 cm³/mol. The third kappa shape index (κ3) is 8.17. The first-order valence-electron chi connectivity index (χ1n) is 19.0. The van der Waals surface area contributed by atoms with Gasteiger partial charge in [0.2, 0.25) is 5.71 Å². The summed E-state index contributed by atoms with van der Waals surface area (Å²) in [6.07, 6.45) is 7.28. The van der Waals surface area contributed by atoms with E-state index in [0.29, 0.717) is 11.6 Å². The summed E-state index contributed by atoms with van der Waals surface area (Å²) in [6.45, 7) is 25.3. The van der Waals surface area contributed by atoms with Crippen LogP contribution in [-0.4, -0.2) is 20.9 Å². The zero-order valence-electron chi connectivity index (χ0n) is 33.7. The summed E-state index contributed by atoms with van der Waals surface area (Å²) in [5.74, 6) is 1.75. The van der Waals surface area contributed by atoms with Gasteiger partial charge in [0.25, 0.3) is 0 Å². The number of carbonyl (C=O) groups is 1. The molecule has 1 N–H and O–H groups in total. The minimum atomic E-state index is -0.337. The molecule has 0 saturated heterocycles. The molecule has 0 aliphatic carbocycles. The Labute approximate surface area is 329 Å². The van der Waals surface area contributed by atoms with Crippen molar-refractivity contribution in [1.29, 1.82) is 0 Å². The van der Waals surface area contributed by atoms with Crippen LogP contribution in [-0.2, 0) is 36.7 Å². The molecule has 6 nitrogen and oxygen atoms in total. The van der Waals surface area contributed by atoms with Crippen LogP contribution in [0.2, 0.25) is 0 Å². The molecule has 7 heteroatoms. The van der Waals surface area contributed by atoms with Gasteiger partial charge in [0.1, 0.15) is 29.0 Å². The molecule has 6 aromatic rings. The number of hydrogen-bond acceptors (Lipinski definition) is 6. The molecule has 0 amide bonds. The van der Waals surface area contributed by atoms with Gasteiger partial charge in [-0.3, -0.25) is 9.78 Å². The van der Waals surface area contributed by atoms with Crippen molar-refractivity contribution in [2.24, 2.45) is 16.7 Å². The largest absolute Gasteiger partial charge is 0.512 e. The molecule has 0 saturated carbocycles. The van der Waals surface area contributed by atoms with Crippen LogP contribution >= 0.6 is 0 Å². The second-order valence-electron chi connectivity index (χ2n) is 16.4. The van der Waals surface area contributed by atoms with Crippen LogP contribution in [0.1, 0.15) is 119 Å². The average Bonchev–Trinajstić information content (AvgIpc) is 3.66. The first-order chi connectivity index (χ1) is 24.5. The molecule has 0 aliphatic rings. The van der Waals surface area contributed by atoms with E-state index in [0.717, 1.165) is 81.8 Å². The first kappa shape index (κ1) is 41.9. The maximum atomic E-state index is 12.2. The molecular formula is C46H57IrN2O4-. The van der Waals surface area contributed by atoms with E-state index in [2.05, 4.69) is 82.9 Å². The zero-order chi connectivity index (χ0) is 38.2. The normalized spacial score (nSPS) is 12.8. The molecule has 285 valence electrons. The smallest absolute Gasteiger partial charge is 0.223 e. The van der Waals surface area contributed by atoms with Crippen LogP contribution in [0.25, 0.3) is 55.1 Å². The van der Waals surface area contributed by atoms with Gasteiger partial charge in [-0.15, -0.1) is 29.1 Å². The average molecular weight is 894 g/mol. The first-order valence-corrected chi connectivity index (χ1v) is 19.0. The number of hydrogen-bond donors (Lipinski definition) is 1. The van der Waals surface area contributed by atoms with Gasteiger partial charge in [-0.2, -0.15) is 0 Å². The summed E-state index contributed by atoms with van der Waals surface area (Å²) in [6, 6.07) is 18.3.